The van der Waals surface area contributed by atoms with E-state index in [1.807, 2.05) is 0 Å². The third-order valence-corrected chi connectivity index (χ3v) is 1.57. The molecule has 1 rings (SSSR count). The quantitative estimate of drug-likeness (QED) is 0.582. The summed E-state index contributed by atoms with van der Waals surface area (Å²) < 4.78 is 22.1. The molecular formula is C6H9FO4. The van der Waals surface area contributed by atoms with Gasteiger partial charge in [0.25, 0.3) is 0 Å². The number of halogens is 1. The Morgan fingerprint density at radius 3 is 2.91 bits per heavy atom. The van der Waals surface area contributed by atoms with E-state index in [9.17, 15) is 9.18 Å². The summed E-state index contributed by atoms with van der Waals surface area (Å²) in [6.07, 6.45) is -2.45. The van der Waals surface area contributed by atoms with Gasteiger partial charge in [0.05, 0.1) is 13.2 Å². The molecule has 1 aliphatic rings. The first kappa shape index (κ1) is 8.26. The third kappa shape index (κ3) is 1.80. The van der Waals surface area contributed by atoms with Gasteiger partial charge in [0.15, 0.2) is 11.8 Å². The lowest BCUT2D eigenvalue weighted by molar-refractivity contribution is -0.00339. The van der Waals surface area contributed by atoms with E-state index in [4.69, 9.17) is 9.84 Å². The molecule has 4 nitrogen and oxygen atoms in total. The monoisotopic (exact) mass is 164 g/mol. The summed E-state index contributed by atoms with van der Waals surface area (Å²) in [6, 6.07) is 0. The van der Waals surface area contributed by atoms with Gasteiger partial charge in [-0.25, -0.2) is 9.18 Å². The van der Waals surface area contributed by atoms with Gasteiger partial charge in [0, 0.05) is 0 Å². The summed E-state index contributed by atoms with van der Waals surface area (Å²) in [4.78, 5) is 10.00. The summed E-state index contributed by atoms with van der Waals surface area (Å²) >= 11 is 0. The molecule has 0 aromatic heterocycles. The lowest BCUT2D eigenvalue weighted by atomic mass is 10.1. The number of hydrogen-bond acceptors (Lipinski definition) is 3. The number of carboxylic acid groups (broad SMARTS) is 1. The average molecular weight is 164 g/mol. The fourth-order valence-corrected chi connectivity index (χ4v) is 0.911. The highest BCUT2D eigenvalue weighted by Crippen LogP contribution is 2.25. The van der Waals surface area contributed by atoms with Crippen LogP contribution < -0.4 is 0 Å². The number of alkyl halides is 1. The van der Waals surface area contributed by atoms with Crippen LogP contribution in [0.25, 0.3) is 0 Å². The zero-order valence-corrected chi connectivity index (χ0v) is 6.04. The maximum Gasteiger partial charge on any atom is 0.506 e. The molecule has 2 unspecified atom stereocenters. The van der Waals surface area contributed by atoms with Gasteiger partial charge in [-0.3, -0.25) is 0 Å². The number of hydrogen-bond donors (Lipinski definition) is 1. The molecule has 0 radical (unpaired) electrons. The molecule has 1 saturated heterocycles. The molecule has 1 N–H and O–H groups in total. The van der Waals surface area contributed by atoms with E-state index in [-0.39, 0.29) is 13.2 Å². The molecule has 1 heterocycles. The maximum atomic E-state index is 13.1. The standard InChI is InChI=1S/C6H9FO4/c1-6(7)3-10-2-4(6)11-5(8)9/h4H,2-3H2,1H3,(H,8,9). The maximum absolute atomic E-state index is 13.1. The molecule has 0 aromatic rings. The smallest absolute Gasteiger partial charge is 0.450 e. The second-order valence-electron chi connectivity index (χ2n) is 2.67. The van der Waals surface area contributed by atoms with Crippen molar-refractivity contribution < 1.29 is 23.8 Å². The fraction of sp³-hybridized carbons (Fsp3) is 0.833. The molecular weight excluding hydrogens is 155 g/mol. The molecule has 5 heteroatoms. The van der Waals surface area contributed by atoms with Crippen LogP contribution in [0.4, 0.5) is 9.18 Å². The Balaban J connectivity index is 2.51. The number of rotatable bonds is 1. The van der Waals surface area contributed by atoms with Gasteiger partial charge in [-0.05, 0) is 6.92 Å². The Morgan fingerprint density at radius 1 is 1.91 bits per heavy atom. The van der Waals surface area contributed by atoms with Gasteiger partial charge in [0.1, 0.15) is 0 Å². The van der Waals surface area contributed by atoms with Gasteiger partial charge < -0.3 is 14.6 Å². The summed E-state index contributed by atoms with van der Waals surface area (Å²) in [5, 5.41) is 8.16. The van der Waals surface area contributed by atoms with Crippen LogP contribution in [0, 0.1) is 0 Å². The third-order valence-electron chi connectivity index (χ3n) is 1.57. The molecule has 2 atom stereocenters. The summed E-state index contributed by atoms with van der Waals surface area (Å²) in [5.74, 6) is 0. The highest BCUT2D eigenvalue weighted by atomic mass is 19.1. The number of carbonyl (C=O) groups is 1. The first-order valence-electron chi connectivity index (χ1n) is 3.18. The molecule has 64 valence electrons. The minimum Gasteiger partial charge on any atom is -0.450 e. The first-order valence-corrected chi connectivity index (χ1v) is 3.18. The molecule has 0 spiro atoms. The second-order valence-corrected chi connectivity index (χ2v) is 2.67. The SMILES string of the molecule is CC1(F)COCC1OC(=O)O. The summed E-state index contributed by atoms with van der Waals surface area (Å²) in [7, 11) is 0. The molecule has 0 bridgehead atoms. The lowest BCUT2D eigenvalue weighted by Gasteiger charge is -2.18. The van der Waals surface area contributed by atoms with Crippen LogP contribution in [0.15, 0.2) is 0 Å². The predicted molar refractivity (Wildman–Crippen MR) is 33.2 cm³/mol. The predicted octanol–water partition coefficient (Wildman–Crippen LogP) is 0.808. The van der Waals surface area contributed by atoms with Gasteiger partial charge in [-0.1, -0.05) is 0 Å². The van der Waals surface area contributed by atoms with Crippen molar-refractivity contribution in [3.8, 4) is 0 Å². The summed E-state index contributed by atoms with van der Waals surface area (Å²) in [5.41, 5.74) is -1.68. The van der Waals surface area contributed by atoms with Crippen molar-refractivity contribution in [1.29, 1.82) is 0 Å². The van der Waals surface area contributed by atoms with Crippen molar-refractivity contribution in [3.05, 3.63) is 0 Å². The zero-order valence-electron chi connectivity index (χ0n) is 6.04. The van der Waals surface area contributed by atoms with Crippen LogP contribution in [0.3, 0.4) is 0 Å². The van der Waals surface area contributed by atoms with E-state index < -0.39 is 17.9 Å². The van der Waals surface area contributed by atoms with Crippen molar-refractivity contribution in [1.82, 2.24) is 0 Å². The van der Waals surface area contributed by atoms with Crippen LogP contribution in [-0.4, -0.2) is 36.2 Å². The van der Waals surface area contributed by atoms with Crippen molar-refractivity contribution in [3.63, 3.8) is 0 Å². The first-order chi connectivity index (χ1) is 5.02. The highest BCUT2D eigenvalue weighted by Gasteiger charge is 2.43. The Labute approximate surface area is 62.9 Å². The van der Waals surface area contributed by atoms with Gasteiger partial charge in [-0.15, -0.1) is 0 Å². The van der Waals surface area contributed by atoms with Gasteiger partial charge in [-0.2, -0.15) is 0 Å². The second kappa shape index (κ2) is 2.65. The number of ether oxygens (including phenoxy) is 2. The molecule has 0 aromatic carbocycles. The Morgan fingerprint density at radius 2 is 2.55 bits per heavy atom. The largest absolute Gasteiger partial charge is 0.506 e. The average Bonchev–Trinajstić information content (AvgIpc) is 2.10. The van der Waals surface area contributed by atoms with E-state index in [1.54, 1.807) is 0 Å². The van der Waals surface area contributed by atoms with Crippen LogP contribution >= 0.6 is 0 Å². The Hall–Kier alpha value is -0.840. The normalized spacial score (nSPS) is 37.1. The molecule has 0 saturated carbocycles. The van der Waals surface area contributed by atoms with E-state index in [0.717, 1.165) is 0 Å². The van der Waals surface area contributed by atoms with E-state index in [2.05, 4.69) is 4.74 Å². The minimum absolute atomic E-state index is 0.000694. The zero-order chi connectivity index (χ0) is 8.48. The Bertz CT molecular complexity index is 168. The van der Waals surface area contributed by atoms with Crippen LogP contribution in [0.5, 0.6) is 0 Å². The molecule has 0 amide bonds. The molecule has 1 fully saturated rings. The van der Waals surface area contributed by atoms with Crippen molar-refractivity contribution >= 4 is 6.16 Å². The van der Waals surface area contributed by atoms with Crippen molar-refractivity contribution in [2.45, 2.75) is 18.7 Å². The van der Waals surface area contributed by atoms with Gasteiger partial charge in [0.2, 0.25) is 0 Å². The van der Waals surface area contributed by atoms with E-state index in [0.29, 0.717) is 0 Å². The van der Waals surface area contributed by atoms with E-state index >= 15 is 0 Å². The summed E-state index contributed by atoms with van der Waals surface area (Å²) in [6.45, 7) is 1.15. The van der Waals surface area contributed by atoms with Crippen LogP contribution in [-0.2, 0) is 9.47 Å². The Kier molecular flexibility index (Phi) is 1.99. The van der Waals surface area contributed by atoms with Gasteiger partial charge >= 0.3 is 6.16 Å². The van der Waals surface area contributed by atoms with E-state index in [1.165, 1.54) is 6.92 Å². The topological polar surface area (TPSA) is 55.8 Å². The van der Waals surface area contributed by atoms with Crippen molar-refractivity contribution in [2.75, 3.05) is 13.2 Å². The molecule has 11 heavy (non-hydrogen) atoms. The van der Waals surface area contributed by atoms with Crippen molar-refractivity contribution in [2.24, 2.45) is 0 Å². The minimum atomic E-state index is -1.68. The van der Waals surface area contributed by atoms with Crippen LogP contribution in [0.1, 0.15) is 6.92 Å². The fourth-order valence-electron chi connectivity index (χ4n) is 0.911. The lowest BCUT2D eigenvalue weighted by Crippen LogP contribution is -2.36. The highest BCUT2D eigenvalue weighted by molar-refractivity contribution is 5.57. The molecule has 1 aliphatic heterocycles. The van der Waals surface area contributed by atoms with Crippen LogP contribution in [0.2, 0.25) is 0 Å². The molecule has 0 aliphatic carbocycles.